The van der Waals surface area contributed by atoms with Gasteiger partial charge in [0.05, 0.1) is 205 Å². The maximum Gasteiger partial charge on any atom is 0.235 e. The largest absolute Gasteiger partial charge is 0.309 e. The second kappa shape index (κ2) is 33.1. The SMILES string of the molecule is [2H]c1c([2H])c(-n2c3c([2H])c([2H])c([2H])c([2H])c3c3c4c5c([2H])c([2H])c([2H])c([2H])c5n(-c5nc(-c6c([2H])c([2H])c7c([2H])c([2H])c([2H])c([2H])c7c6[2H])c6c([2H])c([2H])c([2H])c([2H])c6n5)c4c([2H])c([2H])c32)c([2H])c([2H])c1C.[2H]c1c([2H])c([2H])c(-c2c([2H])c([2H])c(-n3c4c([2H])c([2H])c([2H])c([2H])c4c4c5c6c([2H])c([2H])c([2H])c([2H])c6n(-c6nc(-c7c([2H])c([2H])c8c([2H])c(C)c([2H])c([2H])c8c7[2H])c7c([2H])c([2H])c([2H])c([2H])c7n6)c5c([2H])c([2H])c43)c([2H])c2[2H])c([2H])c1[2H].[2H]c1c([2H])c([2H])c(-n2c3c([2H])c([2H])c([2H])c([2H])c3c3c4c5c([2H])c([2H])c([2H])c([2H])c5n(-c5nc(-c6c([2H])c([2H])c(C)c([2H])c6[2H])c6c([2H])c([2H])c([2H])c([2H])c6n5)c4c([2H])c([2H])c32)c([2H])c1[2H]. The Morgan fingerprint density at radius 3 is 0.797 bits per heavy atom. The Balaban J connectivity index is 0.000000144. The number of benzene rings is 21. The molecule has 0 saturated heterocycles. The lowest BCUT2D eigenvalue weighted by atomic mass is 10.0. The fourth-order valence-electron chi connectivity index (χ4n) is 17.4. The zero-order valence-electron chi connectivity index (χ0n) is 149. The van der Waals surface area contributed by atoms with Gasteiger partial charge in [0.1, 0.15) is 0 Å². The van der Waals surface area contributed by atoms with Crippen LogP contribution in [0.5, 0.6) is 0 Å². The molecule has 0 unspecified atom stereocenters. The first-order chi connectivity index (χ1) is 103. The molecule has 0 amide bonds. The van der Waals surface area contributed by atoms with Crippen molar-refractivity contribution in [3.05, 3.63) is 482 Å². The molecule has 30 aromatic rings. The van der Waals surface area contributed by atoms with Crippen LogP contribution in [0.25, 0.3) is 265 Å². The predicted molar refractivity (Wildman–Crippen MR) is 596 cm³/mol. The Morgan fingerprint density at radius 2 is 0.406 bits per heavy atom. The van der Waals surface area contributed by atoms with Gasteiger partial charge >= 0.3 is 0 Å². The summed E-state index contributed by atoms with van der Waals surface area (Å²) in [5.41, 5.74) is -16.6. The summed E-state index contributed by atoms with van der Waals surface area (Å²) in [6.07, 6.45) is 0. The third-order valence-corrected chi connectivity index (χ3v) is 23.3. The maximum absolute atomic E-state index is 9.91. The van der Waals surface area contributed by atoms with Gasteiger partial charge in [-0.15, -0.1) is 0 Å². The first-order valence-corrected chi connectivity index (χ1v) is 42.5. The van der Waals surface area contributed by atoms with Gasteiger partial charge in [0, 0.05) is 115 Å². The standard InChI is InChI=1S/C49H32N4.C43H28N4.C39H26N4/c1-31-19-20-35-30-36(22-21-34(35)29-31)48-38-13-5-8-16-41(38)50-49(51-48)53-43-18-10-7-15-40(43)47-45(53)28-27-44-46(47)39-14-6-9-17-42(39)52(44)37-25-23-33(24-26-37)32-11-3-2-4-12-32;1-27-18-22-31(23-19-27)46-36-16-8-5-13-33(36)40-38(46)24-25-39-41(40)34-14-6-9-17-37(34)47(39)43-44-35-15-7-4-12-32(35)42(45-43)30-21-20-28-10-2-3-11-29(28)26-30;1-25-19-21-26(22-20-25)38-28-13-5-8-16-31(28)40-39(41-38)43-33-18-10-7-15-30(33)37-35(43)24-23-34-36(37)29-14-6-9-17-32(29)42(34)27-11-3-2-4-12-27/h2-30H,1H3;2-26H,1H3;2-24H,1H3/i2D,3D,4D,5D,6D,7D,8D,9D,10D,11D,12D,13D,14D,15D,16D,17D,18D,19D,20D,21D,22D,23D,24D,25D,26D,27D,28D,29D,30D;2D,3D,4D,5D,6D,7D,8D,9D,10D,11D,12D,13D,14D,15D,16D,17D,18D,19D,20D,21D,22D,23D,24D,25D,26D;2D,3D,4D,5D,6D,7D,8D,9D,10D,11D,12D,13D,14D,15D,16D,17D,18D,19D,20D,21D,22D,23D,24D. The third kappa shape index (κ3) is 13.4. The number of fused-ring (bicyclic) bond motifs is 26. The van der Waals surface area contributed by atoms with Crippen LogP contribution in [0.1, 0.15) is 122 Å². The number of rotatable bonds is 10. The van der Waals surface area contributed by atoms with Crippen LogP contribution in [0.15, 0.2) is 465 Å². The minimum Gasteiger partial charge on any atom is -0.309 e. The van der Waals surface area contributed by atoms with E-state index in [1.165, 1.54) is 20.8 Å². The quantitative estimate of drug-likeness (QED) is 0.135. The van der Waals surface area contributed by atoms with E-state index in [1.807, 2.05) is 0 Å². The van der Waals surface area contributed by atoms with Gasteiger partial charge in [0.2, 0.25) is 17.8 Å². The molecular formula is C131H86N12. The monoisotopic (exact) mass is 1900 g/mol. The molecule has 0 spiro atoms. The summed E-state index contributed by atoms with van der Waals surface area (Å²) in [7, 11) is 0. The van der Waals surface area contributed by atoms with Crippen LogP contribution in [0, 0.1) is 20.8 Å². The van der Waals surface area contributed by atoms with Crippen molar-refractivity contribution >= 4 is 185 Å². The van der Waals surface area contributed by atoms with Crippen molar-refractivity contribution in [1.82, 2.24) is 57.3 Å². The molecule has 0 radical (unpaired) electrons. The summed E-state index contributed by atoms with van der Waals surface area (Å²) in [4.78, 5) is 27.3. The fraction of sp³-hybridized carbons (Fsp3) is 0.0229. The third-order valence-electron chi connectivity index (χ3n) is 23.3. The normalized spacial score (nSPS) is 19.4. The van der Waals surface area contributed by atoms with Crippen molar-refractivity contribution in [3.63, 3.8) is 0 Å². The van der Waals surface area contributed by atoms with Gasteiger partial charge in [0.15, 0.2) is 0 Å². The van der Waals surface area contributed by atoms with E-state index >= 15 is 0 Å². The van der Waals surface area contributed by atoms with E-state index in [4.69, 9.17) is 71.3 Å². The van der Waals surface area contributed by atoms with Crippen LogP contribution in [0.2, 0.25) is 0 Å². The molecule has 0 saturated carbocycles. The molecular weight excluding hydrogens is 1740 g/mol. The number of para-hydroxylation sites is 10. The van der Waals surface area contributed by atoms with Gasteiger partial charge in [-0.05, 0) is 192 Å². The maximum atomic E-state index is 9.91. The van der Waals surface area contributed by atoms with E-state index in [-0.39, 0.29) is 22.1 Å². The van der Waals surface area contributed by atoms with Gasteiger partial charge in [-0.2, -0.15) is 0 Å². The van der Waals surface area contributed by atoms with E-state index in [9.17, 15) is 34.3 Å². The van der Waals surface area contributed by atoms with Crippen molar-refractivity contribution in [3.8, 4) is 79.8 Å². The van der Waals surface area contributed by atoms with Crippen molar-refractivity contribution in [1.29, 1.82) is 0 Å². The molecule has 12 nitrogen and oxygen atoms in total. The Labute approximate surface area is 929 Å². The molecule has 143 heavy (non-hydrogen) atoms. The van der Waals surface area contributed by atoms with Crippen molar-refractivity contribution in [2.75, 3.05) is 0 Å². The summed E-state index contributed by atoms with van der Waals surface area (Å²) >= 11 is 0. The molecule has 0 aliphatic rings. The van der Waals surface area contributed by atoms with Crippen LogP contribution in [-0.2, 0) is 0 Å². The van der Waals surface area contributed by atoms with Gasteiger partial charge in [-0.1, -0.05) is 343 Å². The predicted octanol–water partition coefficient (Wildman–Crippen LogP) is 33.4. The van der Waals surface area contributed by atoms with E-state index in [0.717, 1.165) is 27.4 Å². The molecule has 9 aromatic heterocycles. The van der Waals surface area contributed by atoms with Crippen LogP contribution in [0.4, 0.5) is 0 Å². The highest BCUT2D eigenvalue weighted by molar-refractivity contribution is 6.32. The molecule has 21 aromatic carbocycles. The molecule has 0 atom stereocenters. The van der Waals surface area contributed by atoms with E-state index in [1.54, 1.807) is 0 Å². The Morgan fingerprint density at radius 1 is 0.161 bits per heavy atom. The number of aromatic nitrogens is 12. The minimum atomic E-state index is -1.05. The summed E-state index contributed by atoms with van der Waals surface area (Å²) in [6, 6.07) is -63.6. The van der Waals surface area contributed by atoms with E-state index in [2.05, 4.69) is 29.9 Å². The lowest BCUT2D eigenvalue weighted by Gasteiger charge is -2.12. The summed E-state index contributed by atoms with van der Waals surface area (Å²) in [6.45, 7) is 3.98. The van der Waals surface area contributed by atoms with Crippen LogP contribution < -0.4 is 0 Å². The van der Waals surface area contributed by atoms with Gasteiger partial charge in [-0.25, -0.2) is 29.9 Å². The number of hydrogen-bond acceptors (Lipinski definition) is 6. The number of nitrogens with zero attached hydrogens (tertiary/aromatic N) is 12. The highest BCUT2D eigenvalue weighted by Crippen LogP contribution is 2.49. The minimum absolute atomic E-state index is 0.0577. The van der Waals surface area contributed by atoms with E-state index in [0.29, 0.717) is 0 Å². The Bertz CT molecular complexity index is 15500. The van der Waals surface area contributed by atoms with Gasteiger partial charge < -0.3 is 13.7 Å². The zero-order chi connectivity index (χ0) is 162. The molecule has 0 aliphatic carbocycles. The highest BCUT2D eigenvalue weighted by Gasteiger charge is 2.29. The Kier molecular flexibility index (Phi) is 8.36. The van der Waals surface area contributed by atoms with Crippen LogP contribution in [0.3, 0.4) is 0 Å². The van der Waals surface area contributed by atoms with Crippen molar-refractivity contribution in [2.45, 2.75) is 20.8 Å². The first-order valence-electron chi connectivity index (χ1n) is 81.0. The molecule has 670 valence electrons. The lowest BCUT2D eigenvalue weighted by molar-refractivity contribution is 1.01. The highest BCUT2D eigenvalue weighted by atomic mass is 15.2. The van der Waals surface area contributed by atoms with E-state index < -0.39 is 725 Å². The Hall–Kier alpha value is -19.0. The average Bonchev–Trinajstić information content (AvgIpc) is 1.51. The molecule has 0 N–H and O–H groups in total. The lowest BCUT2D eigenvalue weighted by Crippen LogP contribution is -2.03. The smallest absolute Gasteiger partial charge is 0.235 e. The topological polar surface area (TPSA) is 107 Å². The molecule has 0 bridgehead atoms. The van der Waals surface area contributed by atoms with Crippen molar-refractivity contribution < 1.29 is 106 Å². The molecule has 0 fully saturated rings. The number of hydrogen-bond donors (Lipinski definition) is 0. The first kappa shape index (κ1) is 36.1. The second-order valence-electron chi connectivity index (χ2n) is 31.4. The molecule has 9 heterocycles. The molecule has 12 heteroatoms. The average molecular weight is 1910 g/mol. The molecule has 0 aliphatic heterocycles. The molecule has 30 rings (SSSR count). The van der Waals surface area contributed by atoms with Crippen molar-refractivity contribution in [2.24, 2.45) is 0 Å². The summed E-state index contributed by atoms with van der Waals surface area (Å²) < 4.78 is 695. The van der Waals surface area contributed by atoms with Gasteiger partial charge in [0.25, 0.3) is 0 Å². The fourth-order valence-corrected chi connectivity index (χ4v) is 17.4. The second-order valence-corrected chi connectivity index (χ2v) is 31.4. The summed E-state index contributed by atoms with van der Waals surface area (Å²) in [5.74, 6) is -2.38. The van der Waals surface area contributed by atoms with Gasteiger partial charge in [-0.3, -0.25) is 13.7 Å². The zero-order valence-corrected chi connectivity index (χ0v) is 72.4. The van der Waals surface area contributed by atoms with Crippen LogP contribution >= 0.6 is 0 Å². The summed E-state index contributed by atoms with van der Waals surface area (Å²) in [5, 5.41) is -9.20. The van der Waals surface area contributed by atoms with Crippen LogP contribution in [-0.4, -0.2) is 57.3 Å².